The number of ether oxygens (including phenoxy) is 1. The molecule has 2 saturated heterocycles. The normalized spacial score (nSPS) is 22.2. The first kappa shape index (κ1) is 23.4. The van der Waals surface area contributed by atoms with Crippen molar-refractivity contribution in [3.63, 3.8) is 0 Å². The van der Waals surface area contributed by atoms with Gasteiger partial charge in [0.25, 0.3) is 0 Å². The number of rotatable bonds is 6. The fraction of sp³-hybridized carbons (Fsp3) is 0.429. The molecule has 2 unspecified atom stereocenters. The van der Waals surface area contributed by atoms with Crippen LogP contribution in [0.3, 0.4) is 0 Å². The van der Waals surface area contributed by atoms with E-state index in [0.29, 0.717) is 30.1 Å². The maximum absolute atomic E-state index is 14.3. The van der Waals surface area contributed by atoms with E-state index in [1.54, 1.807) is 18.3 Å². The largest absolute Gasteiger partial charge is 0.484 e. The van der Waals surface area contributed by atoms with Crippen LogP contribution in [0.1, 0.15) is 37.8 Å². The summed E-state index contributed by atoms with van der Waals surface area (Å²) in [5.41, 5.74) is 1.19. The van der Waals surface area contributed by atoms with E-state index in [-0.39, 0.29) is 43.1 Å². The zero-order chi connectivity index (χ0) is 18.6. The van der Waals surface area contributed by atoms with Gasteiger partial charge in [0.05, 0.1) is 5.69 Å². The van der Waals surface area contributed by atoms with E-state index in [2.05, 4.69) is 15.6 Å². The average Bonchev–Trinajstić information content (AvgIpc) is 3.00. The summed E-state index contributed by atoms with van der Waals surface area (Å²) in [6, 6.07) is 11.1. The van der Waals surface area contributed by atoms with Crippen LogP contribution >= 0.6 is 24.8 Å². The third-order valence-electron chi connectivity index (χ3n) is 5.36. The Morgan fingerprint density at radius 3 is 2.59 bits per heavy atom. The minimum atomic E-state index is -0.497. The van der Waals surface area contributed by atoms with Gasteiger partial charge >= 0.3 is 0 Å². The summed E-state index contributed by atoms with van der Waals surface area (Å²) in [4.78, 5) is 16.5. The maximum atomic E-state index is 14.3. The molecule has 3 heterocycles. The number of hydrogen-bond donors (Lipinski definition) is 2. The number of amides is 1. The fourth-order valence-corrected chi connectivity index (χ4v) is 4.15. The lowest BCUT2D eigenvalue weighted by molar-refractivity contribution is -0.117. The number of nitrogens with zero attached hydrogens (tertiary/aromatic N) is 1. The third-order valence-corrected chi connectivity index (χ3v) is 5.36. The number of nitrogens with one attached hydrogen (secondary N) is 2. The summed E-state index contributed by atoms with van der Waals surface area (Å²) in [7, 11) is 0. The van der Waals surface area contributed by atoms with Crippen molar-refractivity contribution in [1.82, 2.24) is 10.3 Å². The molecule has 1 aromatic carbocycles. The second-order valence-electron chi connectivity index (χ2n) is 7.48. The number of pyridine rings is 1. The molecule has 2 N–H and O–H groups in total. The number of halogens is 3. The van der Waals surface area contributed by atoms with Crippen molar-refractivity contribution >= 4 is 36.4 Å². The van der Waals surface area contributed by atoms with Crippen LogP contribution in [0.25, 0.3) is 0 Å². The molecule has 8 heteroatoms. The number of hydrogen-bond acceptors (Lipinski definition) is 4. The molecular weight excluding hydrogens is 416 g/mol. The van der Waals surface area contributed by atoms with E-state index in [1.165, 1.54) is 18.9 Å². The smallest absolute Gasteiger partial charge is 0.224 e. The average molecular weight is 442 g/mol. The van der Waals surface area contributed by atoms with Crippen molar-refractivity contribution in [3.05, 3.63) is 54.1 Å². The number of anilines is 1. The van der Waals surface area contributed by atoms with E-state index in [1.807, 2.05) is 18.2 Å². The number of carbonyl (C=O) groups is 1. The lowest BCUT2D eigenvalue weighted by Gasteiger charge is -2.28. The highest BCUT2D eigenvalue weighted by molar-refractivity contribution is 5.90. The van der Waals surface area contributed by atoms with E-state index < -0.39 is 5.82 Å². The van der Waals surface area contributed by atoms with Crippen LogP contribution in [0.15, 0.2) is 42.6 Å². The molecule has 0 aliphatic carbocycles. The second kappa shape index (κ2) is 10.8. The molecule has 2 atom stereocenters. The second-order valence-corrected chi connectivity index (χ2v) is 7.48. The van der Waals surface area contributed by atoms with Crippen LogP contribution in [0.4, 0.5) is 10.1 Å². The first-order valence-corrected chi connectivity index (χ1v) is 9.54. The first-order valence-electron chi connectivity index (χ1n) is 9.54. The number of aromatic nitrogens is 1. The Kier molecular flexibility index (Phi) is 8.68. The van der Waals surface area contributed by atoms with Gasteiger partial charge in [0, 0.05) is 36.5 Å². The molecule has 2 aliphatic heterocycles. The summed E-state index contributed by atoms with van der Waals surface area (Å²) in [5, 5.41) is 6.39. The quantitative estimate of drug-likeness (QED) is 0.692. The van der Waals surface area contributed by atoms with Crippen molar-refractivity contribution in [2.24, 2.45) is 5.92 Å². The van der Waals surface area contributed by atoms with Gasteiger partial charge in [-0.15, -0.1) is 24.8 Å². The zero-order valence-corrected chi connectivity index (χ0v) is 17.6. The maximum Gasteiger partial charge on any atom is 0.224 e. The fourth-order valence-electron chi connectivity index (χ4n) is 4.15. The van der Waals surface area contributed by atoms with E-state index in [0.717, 1.165) is 18.5 Å². The van der Waals surface area contributed by atoms with Gasteiger partial charge in [-0.1, -0.05) is 6.07 Å². The molecule has 5 nitrogen and oxygen atoms in total. The SMILES string of the molecule is Cl.Cl.O=C(CC1CC2CCC(C1)N2)Nc1ccc(OCc2ccccn2)c(F)c1. The summed E-state index contributed by atoms with van der Waals surface area (Å²) >= 11 is 0. The Hall–Kier alpha value is -1.89. The number of benzene rings is 1. The zero-order valence-electron chi connectivity index (χ0n) is 16.0. The van der Waals surface area contributed by atoms with Gasteiger partial charge in [-0.3, -0.25) is 9.78 Å². The molecule has 2 bridgehead atoms. The first-order chi connectivity index (χ1) is 13.2. The summed E-state index contributed by atoms with van der Waals surface area (Å²) in [6.45, 7) is 0.196. The molecule has 1 amide bonds. The van der Waals surface area contributed by atoms with Crippen molar-refractivity contribution in [3.8, 4) is 5.75 Å². The lowest BCUT2D eigenvalue weighted by Crippen LogP contribution is -2.39. The molecule has 2 aliphatic rings. The van der Waals surface area contributed by atoms with Crippen molar-refractivity contribution in [2.45, 2.75) is 50.8 Å². The van der Waals surface area contributed by atoms with Crippen LogP contribution in [0.2, 0.25) is 0 Å². The number of piperidine rings is 1. The molecular formula is C21H26Cl2FN3O2. The minimum absolute atomic E-state index is 0. The van der Waals surface area contributed by atoms with Gasteiger partial charge in [-0.05, 0) is 55.9 Å². The number of carbonyl (C=O) groups excluding carboxylic acids is 1. The molecule has 2 aromatic rings. The Morgan fingerprint density at radius 2 is 1.93 bits per heavy atom. The summed E-state index contributed by atoms with van der Waals surface area (Å²) in [6.07, 6.45) is 6.70. The summed E-state index contributed by atoms with van der Waals surface area (Å²) in [5.74, 6) is 0.00894. The van der Waals surface area contributed by atoms with E-state index in [9.17, 15) is 9.18 Å². The van der Waals surface area contributed by atoms with Crippen LogP contribution in [-0.4, -0.2) is 23.0 Å². The van der Waals surface area contributed by atoms with Gasteiger partial charge in [-0.25, -0.2) is 4.39 Å². The van der Waals surface area contributed by atoms with Gasteiger partial charge < -0.3 is 15.4 Å². The van der Waals surface area contributed by atoms with E-state index in [4.69, 9.17) is 4.74 Å². The molecule has 29 heavy (non-hydrogen) atoms. The topological polar surface area (TPSA) is 63.2 Å². The Labute approximate surface area is 182 Å². The molecule has 4 rings (SSSR count). The van der Waals surface area contributed by atoms with Crippen LogP contribution in [0.5, 0.6) is 5.75 Å². The third kappa shape index (κ3) is 6.29. The van der Waals surface area contributed by atoms with Gasteiger partial charge in [0.1, 0.15) is 6.61 Å². The molecule has 1 aromatic heterocycles. The Bertz CT molecular complexity index is 798. The Balaban J connectivity index is 0.00000150. The van der Waals surface area contributed by atoms with Gasteiger partial charge in [-0.2, -0.15) is 0 Å². The lowest BCUT2D eigenvalue weighted by atomic mass is 9.89. The van der Waals surface area contributed by atoms with Crippen LogP contribution < -0.4 is 15.4 Å². The molecule has 2 fully saturated rings. The van der Waals surface area contributed by atoms with Gasteiger partial charge in [0.15, 0.2) is 11.6 Å². The van der Waals surface area contributed by atoms with Crippen LogP contribution in [0, 0.1) is 11.7 Å². The standard InChI is InChI=1S/C21H24FN3O2.2ClH/c22-19-12-17(6-7-20(19)27-13-18-3-1-2-8-23-18)25-21(26)11-14-9-15-4-5-16(10-14)24-15;;/h1-3,6-8,12,14-16,24H,4-5,9-11,13H2,(H,25,26);2*1H. The van der Waals surface area contributed by atoms with E-state index >= 15 is 0 Å². The number of fused-ring (bicyclic) bond motifs is 2. The highest BCUT2D eigenvalue weighted by atomic mass is 35.5. The highest BCUT2D eigenvalue weighted by Crippen LogP contribution is 2.33. The molecule has 0 saturated carbocycles. The monoisotopic (exact) mass is 441 g/mol. The van der Waals surface area contributed by atoms with Crippen molar-refractivity contribution < 1.29 is 13.9 Å². The van der Waals surface area contributed by atoms with Crippen molar-refractivity contribution in [2.75, 3.05) is 5.32 Å². The molecule has 0 radical (unpaired) electrons. The highest BCUT2D eigenvalue weighted by Gasteiger charge is 2.34. The van der Waals surface area contributed by atoms with Crippen LogP contribution in [-0.2, 0) is 11.4 Å². The molecule has 0 spiro atoms. The van der Waals surface area contributed by atoms with Crippen molar-refractivity contribution in [1.29, 1.82) is 0 Å². The minimum Gasteiger partial charge on any atom is -0.484 e. The summed E-state index contributed by atoms with van der Waals surface area (Å²) < 4.78 is 19.7. The predicted molar refractivity (Wildman–Crippen MR) is 115 cm³/mol. The Morgan fingerprint density at radius 1 is 1.17 bits per heavy atom. The van der Waals surface area contributed by atoms with Gasteiger partial charge in [0.2, 0.25) is 5.91 Å². The molecule has 158 valence electrons. The predicted octanol–water partition coefficient (Wildman–Crippen LogP) is 4.50.